The fraction of sp³-hybridized carbons (Fsp3) is 0.200. The maximum absolute atomic E-state index is 13.7. The number of rotatable bonds is 3. The predicted octanol–water partition coefficient (Wildman–Crippen LogP) is 3.99. The van der Waals surface area contributed by atoms with Gasteiger partial charge in [-0.05, 0) is 44.5 Å². The zero-order chi connectivity index (χ0) is 15.7. The van der Waals surface area contributed by atoms with Crippen LogP contribution in [0.15, 0.2) is 22.7 Å². The number of aryl methyl sites for hydroxylation is 1. The molecule has 6 heteroatoms. The van der Waals surface area contributed by atoms with E-state index in [4.69, 9.17) is 0 Å². The first kappa shape index (κ1) is 15.4. The maximum atomic E-state index is 13.7. The second-order valence-electron chi connectivity index (χ2n) is 4.76. The fourth-order valence-corrected chi connectivity index (χ4v) is 2.61. The molecule has 0 bridgehead atoms. The third-order valence-corrected chi connectivity index (χ3v) is 3.69. The van der Waals surface area contributed by atoms with E-state index in [1.165, 1.54) is 19.1 Å². The number of carbonyl (C=O) groups excluding carboxylic acids is 2. The second kappa shape index (κ2) is 5.81. The molecule has 1 aromatic heterocycles. The number of H-pyrrole nitrogens is 1. The molecular formula is C15H14BrFN2O2. The number of anilines is 1. The highest BCUT2D eigenvalue weighted by Crippen LogP contribution is 2.22. The minimum Gasteiger partial charge on any atom is -0.354 e. The van der Waals surface area contributed by atoms with E-state index in [9.17, 15) is 14.0 Å². The van der Waals surface area contributed by atoms with Crippen LogP contribution in [0.25, 0.3) is 0 Å². The van der Waals surface area contributed by atoms with Gasteiger partial charge in [-0.25, -0.2) is 4.39 Å². The van der Waals surface area contributed by atoms with Crippen molar-refractivity contribution in [3.05, 3.63) is 51.0 Å². The van der Waals surface area contributed by atoms with Crippen LogP contribution in [0.2, 0.25) is 0 Å². The van der Waals surface area contributed by atoms with Crippen molar-refractivity contribution in [1.29, 1.82) is 0 Å². The summed E-state index contributed by atoms with van der Waals surface area (Å²) in [5.41, 5.74) is 2.03. The molecule has 0 aliphatic carbocycles. The van der Waals surface area contributed by atoms with Crippen molar-refractivity contribution in [2.24, 2.45) is 0 Å². The molecule has 0 fully saturated rings. The molecule has 1 aromatic carbocycles. The Balaban J connectivity index is 2.33. The van der Waals surface area contributed by atoms with Gasteiger partial charge in [-0.3, -0.25) is 9.59 Å². The Bertz CT molecular complexity index is 738. The van der Waals surface area contributed by atoms with E-state index in [1.54, 1.807) is 19.9 Å². The van der Waals surface area contributed by atoms with Crippen LogP contribution in [-0.4, -0.2) is 16.7 Å². The van der Waals surface area contributed by atoms with Crippen LogP contribution in [0.1, 0.15) is 39.0 Å². The Labute approximate surface area is 129 Å². The lowest BCUT2D eigenvalue weighted by Gasteiger charge is -2.06. The van der Waals surface area contributed by atoms with Gasteiger partial charge in [0, 0.05) is 15.7 Å². The Kier molecular flexibility index (Phi) is 4.27. The molecule has 0 aliphatic rings. The Morgan fingerprint density at radius 3 is 2.48 bits per heavy atom. The predicted molar refractivity (Wildman–Crippen MR) is 82.3 cm³/mol. The summed E-state index contributed by atoms with van der Waals surface area (Å²) in [5.74, 6) is -1.13. The van der Waals surface area contributed by atoms with Gasteiger partial charge in [-0.1, -0.05) is 15.9 Å². The quantitative estimate of drug-likeness (QED) is 0.820. The van der Waals surface area contributed by atoms with Gasteiger partial charge in [0.15, 0.2) is 5.78 Å². The van der Waals surface area contributed by atoms with E-state index < -0.39 is 11.7 Å². The van der Waals surface area contributed by atoms with Crippen molar-refractivity contribution in [1.82, 2.24) is 4.98 Å². The second-order valence-corrected chi connectivity index (χ2v) is 5.68. The number of hydrogen-bond donors (Lipinski definition) is 2. The SMILES string of the molecule is CC(=O)c1c(C)[nH]c(C(=O)Nc2ccc(Br)cc2F)c1C. The van der Waals surface area contributed by atoms with Gasteiger partial charge in [0.05, 0.1) is 5.69 Å². The number of aromatic amines is 1. The van der Waals surface area contributed by atoms with E-state index in [0.717, 1.165) is 0 Å². The van der Waals surface area contributed by atoms with Crippen molar-refractivity contribution >= 4 is 33.3 Å². The van der Waals surface area contributed by atoms with Crippen LogP contribution >= 0.6 is 15.9 Å². The number of ketones is 1. The fourth-order valence-electron chi connectivity index (χ4n) is 2.28. The van der Waals surface area contributed by atoms with Crippen LogP contribution < -0.4 is 5.32 Å². The number of hydrogen-bond acceptors (Lipinski definition) is 2. The van der Waals surface area contributed by atoms with Gasteiger partial charge >= 0.3 is 0 Å². The third kappa shape index (κ3) is 3.05. The molecule has 4 nitrogen and oxygen atoms in total. The molecule has 2 N–H and O–H groups in total. The lowest BCUT2D eigenvalue weighted by Crippen LogP contribution is -2.14. The summed E-state index contributed by atoms with van der Waals surface area (Å²) in [6.07, 6.45) is 0. The van der Waals surface area contributed by atoms with Gasteiger partial charge in [-0.15, -0.1) is 0 Å². The average molecular weight is 353 g/mol. The molecule has 0 unspecified atom stereocenters. The topological polar surface area (TPSA) is 62.0 Å². The van der Waals surface area contributed by atoms with Crippen LogP contribution in [0, 0.1) is 19.7 Å². The first-order valence-corrected chi connectivity index (χ1v) is 7.07. The summed E-state index contributed by atoms with van der Waals surface area (Å²) in [6.45, 7) is 4.85. The molecule has 110 valence electrons. The van der Waals surface area contributed by atoms with Crippen molar-refractivity contribution in [2.45, 2.75) is 20.8 Å². The summed E-state index contributed by atoms with van der Waals surface area (Å²) in [5, 5.41) is 2.50. The van der Waals surface area contributed by atoms with Gasteiger partial charge in [0.2, 0.25) is 0 Å². The monoisotopic (exact) mass is 352 g/mol. The highest BCUT2D eigenvalue weighted by atomic mass is 79.9. The number of halogens is 2. The van der Waals surface area contributed by atoms with Crippen molar-refractivity contribution < 1.29 is 14.0 Å². The summed E-state index contributed by atoms with van der Waals surface area (Å²) < 4.78 is 14.3. The highest BCUT2D eigenvalue weighted by molar-refractivity contribution is 9.10. The van der Waals surface area contributed by atoms with Crippen LogP contribution in [0.5, 0.6) is 0 Å². The Morgan fingerprint density at radius 2 is 1.95 bits per heavy atom. The average Bonchev–Trinajstić information content (AvgIpc) is 2.68. The first-order valence-electron chi connectivity index (χ1n) is 6.27. The van der Waals surface area contributed by atoms with Crippen LogP contribution in [0.4, 0.5) is 10.1 Å². The van der Waals surface area contributed by atoms with Crippen LogP contribution in [0.3, 0.4) is 0 Å². The lowest BCUT2D eigenvalue weighted by molar-refractivity contribution is 0.101. The Hall–Kier alpha value is -1.95. The molecule has 0 atom stereocenters. The zero-order valence-corrected chi connectivity index (χ0v) is 13.4. The molecule has 1 amide bonds. The highest BCUT2D eigenvalue weighted by Gasteiger charge is 2.20. The standard InChI is InChI=1S/C15H14BrFN2O2/c1-7-13(9(3)20)8(2)18-14(7)15(21)19-12-5-4-10(16)6-11(12)17/h4-6,18H,1-3H3,(H,19,21). The molecule has 21 heavy (non-hydrogen) atoms. The number of carbonyl (C=O) groups is 2. The van der Waals surface area contributed by atoms with Gasteiger partial charge in [0.1, 0.15) is 11.5 Å². The van der Waals surface area contributed by atoms with E-state index >= 15 is 0 Å². The maximum Gasteiger partial charge on any atom is 0.272 e. The number of aromatic nitrogens is 1. The van der Waals surface area contributed by atoms with Crippen molar-refractivity contribution in [3.8, 4) is 0 Å². The van der Waals surface area contributed by atoms with Crippen molar-refractivity contribution in [2.75, 3.05) is 5.32 Å². The summed E-state index contributed by atoms with van der Waals surface area (Å²) >= 11 is 3.15. The number of Topliss-reactive ketones (excluding diaryl/α,β-unsaturated/α-hetero) is 1. The molecule has 0 saturated heterocycles. The molecule has 0 spiro atoms. The van der Waals surface area contributed by atoms with Crippen LogP contribution in [-0.2, 0) is 0 Å². The molecule has 2 aromatic rings. The summed E-state index contributed by atoms with van der Waals surface area (Å²) in [4.78, 5) is 26.7. The largest absolute Gasteiger partial charge is 0.354 e. The number of benzene rings is 1. The molecule has 0 aliphatic heterocycles. The third-order valence-electron chi connectivity index (χ3n) is 3.20. The smallest absolute Gasteiger partial charge is 0.272 e. The summed E-state index contributed by atoms with van der Waals surface area (Å²) in [7, 11) is 0. The molecule has 0 radical (unpaired) electrons. The molecule has 1 heterocycles. The minimum atomic E-state index is -0.537. The molecule has 0 saturated carbocycles. The number of amides is 1. The normalized spacial score (nSPS) is 10.5. The number of nitrogens with one attached hydrogen (secondary N) is 2. The lowest BCUT2D eigenvalue weighted by atomic mass is 10.1. The summed E-state index contributed by atoms with van der Waals surface area (Å²) in [6, 6.07) is 4.37. The van der Waals surface area contributed by atoms with Gasteiger partial charge in [0.25, 0.3) is 5.91 Å². The zero-order valence-electron chi connectivity index (χ0n) is 11.8. The Morgan fingerprint density at radius 1 is 1.29 bits per heavy atom. The minimum absolute atomic E-state index is 0.0826. The van der Waals surface area contributed by atoms with E-state index in [0.29, 0.717) is 21.3 Å². The van der Waals surface area contributed by atoms with E-state index in [2.05, 4.69) is 26.2 Å². The van der Waals surface area contributed by atoms with Gasteiger partial charge < -0.3 is 10.3 Å². The van der Waals surface area contributed by atoms with E-state index in [-0.39, 0.29) is 17.2 Å². The van der Waals surface area contributed by atoms with Gasteiger partial charge in [-0.2, -0.15) is 0 Å². The molecular weight excluding hydrogens is 339 g/mol. The van der Waals surface area contributed by atoms with E-state index in [1.807, 2.05) is 0 Å². The van der Waals surface area contributed by atoms with Crippen molar-refractivity contribution in [3.63, 3.8) is 0 Å². The first-order chi connectivity index (χ1) is 9.81. The molecule has 2 rings (SSSR count).